The molecule has 0 aliphatic rings. The van der Waals surface area contributed by atoms with E-state index in [1.165, 1.54) is 23.1 Å². The van der Waals surface area contributed by atoms with Gasteiger partial charge in [0.15, 0.2) is 5.69 Å². The van der Waals surface area contributed by atoms with Gasteiger partial charge in [0, 0.05) is 12.7 Å². The van der Waals surface area contributed by atoms with Gasteiger partial charge in [-0.15, -0.1) is 11.3 Å². The van der Waals surface area contributed by atoms with Gasteiger partial charge in [0.05, 0.1) is 18.9 Å². The van der Waals surface area contributed by atoms with E-state index in [1.54, 1.807) is 13.2 Å². The quantitative estimate of drug-likeness (QED) is 0.570. The van der Waals surface area contributed by atoms with Crippen molar-refractivity contribution in [2.75, 3.05) is 7.11 Å². The Hall–Kier alpha value is -1.63. The zero-order valence-corrected chi connectivity index (χ0v) is 10.5. The summed E-state index contributed by atoms with van der Waals surface area (Å²) in [4.78, 5) is 15.9. The Morgan fingerprint density at radius 1 is 1.59 bits per heavy atom. The van der Waals surface area contributed by atoms with Gasteiger partial charge in [-0.3, -0.25) is 4.68 Å². The van der Waals surface area contributed by atoms with Crippen LogP contribution in [0.4, 0.5) is 0 Å². The Morgan fingerprint density at radius 3 is 2.82 bits per heavy atom. The number of rotatable bonds is 2. The largest absolute Gasteiger partial charge is 0.464 e. The molecule has 2 heterocycles. The van der Waals surface area contributed by atoms with Gasteiger partial charge in [-0.1, -0.05) is 0 Å². The fraction of sp³-hybridized carbons (Fsp3) is 0.300. The molecule has 0 spiro atoms. The maximum Gasteiger partial charge on any atom is 0.357 e. The first-order chi connectivity index (χ1) is 8.04. The topological polar surface area (TPSA) is 57.0 Å². The van der Waals surface area contributed by atoms with E-state index in [9.17, 15) is 4.79 Å². The number of nitrogens with zero attached hydrogens (tertiary/aromatic N) is 3. The standard InChI is InChI=1S/C10H10BN3O2S/c1-5-8(11)17-9(13-5)6-4-12-14(2)7(6)10(15)16-3/h4H,1-3H3. The molecule has 0 bridgehead atoms. The van der Waals surface area contributed by atoms with E-state index >= 15 is 0 Å². The highest BCUT2D eigenvalue weighted by Gasteiger charge is 2.21. The van der Waals surface area contributed by atoms with Crippen LogP contribution in [0.1, 0.15) is 16.2 Å². The summed E-state index contributed by atoms with van der Waals surface area (Å²) < 4.78 is 6.83. The highest BCUT2D eigenvalue weighted by atomic mass is 32.1. The molecule has 0 aliphatic carbocycles. The average molecular weight is 247 g/mol. The molecule has 0 amide bonds. The molecule has 0 fully saturated rings. The third-order valence-corrected chi connectivity index (χ3v) is 3.40. The molecule has 0 aliphatic heterocycles. The van der Waals surface area contributed by atoms with Gasteiger partial charge in [-0.2, -0.15) is 5.10 Å². The summed E-state index contributed by atoms with van der Waals surface area (Å²) in [6.45, 7) is 1.82. The number of aromatic nitrogens is 3. The molecule has 0 saturated carbocycles. The van der Waals surface area contributed by atoms with Crippen molar-refractivity contribution in [2.45, 2.75) is 6.92 Å². The van der Waals surface area contributed by atoms with Crippen LogP contribution in [-0.4, -0.2) is 35.7 Å². The predicted molar refractivity (Wildman–Crippen MR) is 65.8 cm³/mol. The summed E-state index contributed by atoms with van der Waals surface area (Å²) in [5.74, 6) is -0.438. The van der Waals surface area contributed by atoms with Gasteiger partial charge in [-0.05, 0) is 11.7 Å². The zero-order chi connectivity index (χ0) is 12.6. The smallest absolute Gasteiger partial charge is 0.357 e. The number of aryl methyl sites for hydroxylation is 2. The summed E-state index contributed by atoms with van der Waals surface area (Å²) in [6, 6.07) is 0. The van der Waals surface area contributed by atoms with E-state index in [0.717, 1.165) is 5.69 Å². The monoisotopic (exact) mass is 247 g/mol. The van der Waals surface area contributed by atoms with Gasteiger partial charge in [0.1, 0.15) is 12.9 Å². The molecule has 7 heteroatoms. The van der Waals surface area contributed by atoms with Crippen LogP contribution in [0.2, 0.25) is 0 Å². The van der Waals surface area contributed by atoms with Crippen molar-refractivity contribution in [3.05, 3.63) is 17.6 Å². The van der Waals surface area contributed by atoms with Gasteiger partial charge in [-0.25, -0.2) is 9.78 Å². The second-order valence-electron chi connectivity index (χ2n) is 3.49. The number of hydrogen-bond acceptors (Lipinski definition) is 5. The lowest BCUT2D eigenvalue weighted by Gasteiger charge is -2.01. The Morgan fingerprint density at radius 2 is 2.29 bits per heavy atom. The molecule has 0 unspecified atom stereocenters. The Labute approximate surface area is 104 Å². The molecule has 0 atom stereocenters. The van der Waals surface area contributed by atoms with Gasteiger partial charge in [0.25, 0.3) is 0 Å². The van der Waals surface area contributed by atoms with Crippen molar-refractivity contribution in [3.8, 4) is 10.6 Å². The van der Waals surface area contributed by atoms with Crippen LogP contribution in [-0.2, 0) is 11.8 Å². The zero-order valence-electron chi connectivity index (χ0n) is 9.72. The number of hydrogen-bond donors (Lipinski definition) is 0. The summed E-state index contributed by atoms with van der Waals surface area (Å²) in [5.41, 5.74) is 1.77. The predicted octanol–water partition coefficient (Wildman–Crippen LogP) is 0.432. The van der Waals surface area contributed by atoms with Gasteiger partial charge >= 0.3 is 5.97 Å². The fourth-order valence-electron chi connectivity index (χ4n) is 1.46. The van der Waals surface area contributed by atoms with Crippen molar-refractivity contribution in [2.24, 2.45) is 7.05 Å². The lowest BCUT2D eigenvalue weighted by Crippen LogP contribution is -2.09. The number of carbonyl (C=O) groups is 1. The number of thiazole rings is 1. The second-order valence-corrected chi connectivity index (χ2v) is 4.52. The minimum atomic E-state index is -0.438. The van der Waals surface area contributed by atoms with Crippen LogP contribution in [0.5, 0.6) is 0 Å². The van der Waals surface area contributed by atoms with Crippen molar-refractivity contribution >= 4 is 29.9 Å². The maximum absolute atomic E-state index is 11.6. The number of carbonyl (C=O) groups excluding carboxylic acids is 1. The van der Waals surface area contributed by atoms with E-state index in [1.807, 2.05) is 6.92 Å². The molecular formula is C10H10BN3O2S. The summed E-state index contributed by atoms with van der Waals surface area (Å²) >= 11 is 1.33. The summed E-state index contributed by atoms with van der Waals surface area (Å²) in [5, 5.41) is 4.72. The minimum Gasteiger partial charge on any atom is -0.464 e. The van der Waals surface area contributed by atoms with Crippen LogP contribution in [0.3, 0.4) is 0 Å². The normalized spacial score (nSPS) is 10.5. The van der Waals surface area contributed by atoms with E-state index < -0.39 is 5.97 Å². The van der Waals surface area contributed by atoms with Crippen molar-refractivity contribution in [1.29, 1.82) is 0 Å². The molecule has 0 aromatic carbocycles. The lowest BCUT2D eigenvalue weighted by atomic mass is 10.1. The van der Waals surface area contributed by atoms with Crippen LogP contribution < -0.4 is 4.78 Å². The van der Waals surface area contributed by atoms with E-state index in [-0.39, 0.29) is 0 Å². The molecule has 2 rings (SSSR count). The average Bonchev–Trinajstić information content (AvgIpc) is 2.82. The summed E-state index contributed by atoms with van der Waals surface area (Å²) in [6.07, 6.45) is 1.59. The molecule has 0 N–H and O–H groups in total. The van der Waals surface area contributed by atoms with Gasteiger partial charge < -0.3 is 4.74 Å². The molecule has 17 heavy (non-hydrogen) atoms. The van der Waals surface area contributed by atoms with Crippen LogP contribution >= 0.6 is 11.3 Å². The molecule has 2 radical (unpaired) electrons. The van der Waals surface area contributed by atoms with Crippen LogP contribution in [0.25, 0.3) is 10.6 Å². The van der Waals surface area contributed by atoms with E-state index in [0.29, 0.717) is 21.0 Å². The maximum atomic E-state index is 11.6. The first kappa shape index (κ1) is 11.8. The molecule has 5 nitrogen and oxygen atoms in total. The summed E-state index contributed by atoms with van der Waals surface area (Å²) in [7, 11) is 8.77. The third kappa shape index (κ3) is 1.98. The second kappa shape index (κ2) is 4.33. The number of methoxy groups -OCH3 is 1. The number of ether oxygens (including phenoxy) is 1. The Kier molecular flexibility index (Phi) is 3.02. The van der Waals surface area contributed by atoms with Crippen molar-refractivity contribution < 1.29 is 9.53 Å². The SMILES string of the molecule is [B]c1sc(-c2cnn(C)c2C(=O)OC)nc1C. The highest BCUT2D eigenvalue weighted by Crippen LogP contribution is 2.25. The minimum absolute atomic E-state index is 0.376. The first-order valence-corrected chi connectivity index (χ1v) is 5.69. The molecular weight excluding hydrogens is 237 g/mol. The Balaban J connectivity index is 2.56. The van der Waals surface area contributed by atoms with Crippen molar-refractivity contribution in [3.63, 3.8) is 0 Å². The molecule has 2 aromatic rings. The molecule has 2 aromatic heterocycles. The third-order valence-electron chi connectivity index (χ3n) is 2.38. The molecule has 86 valence electrons. The number of esters is 1. The van der Waals surface area contributed by atoms with Crippen LogP contribution in [0, 0.1) is 6.92 Å². The lowest BCUT2D eigenvalue weighted by molar-refractivity contribution is 0.0589. The fourth-order valence-corrected chi connectivity index (χ4v) is 2.30. The van der Waals surface area contributed by atoms with Crippen LogP contribution in [0.15, 0.2) is 6.20 Å². The first-order valence-electron chi connectivity index (χ1n) is 4.88. The van der Waals surface area contributed by atoms with Crippen molar-refractivity contribution in [1.82, 2.24) is 14.8 Å². The highest BCUT2D eigenvalue weighted by molar-refractivity contribution is 7.22. The molecule has 0 saturated heterocycles. The van der Waals surface area contributed by atoms with E-state index in [2.05, 4.69) is 10.1 Å². The van der Waals surface area contributed by atoms with Gasteiger partial charge in [0.2, 0.25) is 0 Å². The van der Waals surface area contributed by atoms with E-state index in [4.69, 9.17) is 12.6 Å². The Bertz CT molecular complexity index is 557.